The van der Waals surface area contributed by atoms with Crippen molar-refractivity contribution in [3.8, 4) is 16.9 Å². The van der Waals surface area contributed by atoms with E-state index in [1.54, 1.807) is 23.3 Å². The average Bonchev–Trinajstić information content (AvgIpc) is 3.25. The highest BCUT2D eigenvalue weighted by molar-refractivity contribution is 7.18. The average molecular weight is 437 g/mol. The van der Waals surface area contributed by atoms with Gasteiger partial charge in [-0.15, -0.1) is 11.3 Å². The van der Waals surface area contributed by atoms with Crippen molar-refractivity contribution in [1.29, 1.82) is 0 Å². The van der Waals surface area contributed by atoms with E-state index in [0.717, 1.165) is 51.0 Å². The number of carbonyl (C=O) groups excluding carboxylic acids is 1. The van der Waals surface area contributed by atoms with Crippen molar-refractivity contribution in [1.82, 2.24) is 4.90 Å². The number of amides is 1. The fourth-order valence-corrected chi connectivity index (χ4v) is 5.09. The normalized spacial score (nSPS) is 13.8. The molecule has 0 spiro atoms. The maximum absolute atomic E-state index is 13.4. The van der Waals surface area contributed by atoms with E-state index < -0.39 is 0 Å². The van der Waals surface area contributed by atoms with Crippen LogP contribution in [0.1, 0.15) is 20.8 Å². The number of thiophene rings is 1. The molecule has 0 N–H and O–H groups in total. The van der Waals surface area contributed by atoms with E-state index >= 15 is 0 Å². The van der Waals surface area contributed by atoms with Gasteiger partial charge in [-0.25, -0.2) is 0 Å². The Bertz CT molecular complexity index is 1040. The highest BCUT2D eigenvalue weighted by atomic mass is 32.1. The fraction of sp³-hybridized carbons (Fsp3) is 0.320. The van der Waals surface area contributed by atoms with Crippen molar-refractivity contribution in [2.45, 2.75) is 13.5 Å². The molecule has 1 aliphatic heterocycles. The standard InChI is InChI=1S/C25H28N2O3S/c1-18-9-10-22(29-3)20(15-18)17-26(2)24(28)23-16-21(19-7-5-4-6-8-19)25(31-23)27-11-13-30-14-12-27/h4-10,15-16H,11-14,17H2,1-3H3. The summed E-state index contributed by atoms with van der Waals surface area (Å²) in [6.07, 6.45) is 0. The van der Waals surface area contributed by atoms with E-state index in [9.17, 15) is 4.79 Å². The molecule has 2 heterocycles. The van der Waals surface area contributed by atoms with Crippen LogP contribution in [-0.2, 0) is 11.3 Å². The summed E-state index contributed by atoms with van der Waals surface area (Å²) in [7, 11) is 3.51. The summed E-state index contributed by atoms with van der Waals surface area (Å²) < 4.78 is 11.0. The molecule has 31 heavy (non-hydrogen) atoms. The van der Waals surface area contributed by atoms with Gasteiger partial charge < -0.3 is 19.3 Å². The third-order valence-corrected chi connectivity index (χ3v) is 6.68. The number of ether oxygens (including phenoxy) is 2. The Balaban J connectivity index is 1.63. The lowest BCUT2D eigenvalue weighted by molar-refractivity contribution is 0.0789. The summed E-state index contributed by atoms with van der Waals surface area (Å²) in [5.41, 5.74) is 4.39. The van der Waals surface area contributed by atoms with E-state index in [2.05, 4.69) is 23.1 Å². The molecule has 3 aromatic rings. The van der Waals surface area contributed by atoms with E-state index in [1.165, 1.54) is 0 Å². The van der Waals surface area contributed by atoms with Crippen molar-refractivity contribution >= 4 is 22.2 Å². The molecule has 0 atom stereocenters. The van der Waals surface area contributed by atoms with Gasteiger partial charge in [0, 0.05) is 37.8 Å². The van der Waals surface area contributed by atoms with Crippen molar-refractivity contribution in [3.05, 3.63) is 70.6 Å². The molecule has 0 aliphatic carbocycles. The van der Waals surface area contributed by atoms with Crippen LogP contribution in [0.3, 0.4) is 0 Å². The monoisotopic (exact) mass is 436 g/mol. The van der Waals surface area contributed by atoms with Gasteiger partial charge in [-0.3, -0.25) is 4.79 Å². The highest BCUT2D eigenvalue weighted by Gasteiger charge is 2.24. The van der Waals surface area contributed by atoms with Crippen LogP contribution >= 0.6 is 11.3 Å². The third kappa shape index (κ3) is 4.75. The van der Waals surface area contributed by atoms with Crippen molar-refractivity contribution in [2.24, 2.45) is 0 Å². The predicted molar refractivity (Wildman–Crippen MR) is 126 cm³/mol. The predicted octanol–water partition coefficient (Wildman–Crippen LogP) is 4.84. The number of benzene rings is 2. The van der Waals surface area contributed by atoms with Gasteiger partial charge in [0.15, 0.2) is 0 Å². The van der Waals surface area contributed by atoms with E-state index in [4.69, 9.17) is 9.47 Å². The number of aryl methyl sites for hydroxylation is 1. The Morgan fingerprint density at radius 1 is 1.13 bits per heavy atom. The lowest BCUT2D eigenvalue weighted by Crippen LogP contribution is -2.35. The first-order valence-electron chi connectivity index (χ1n) is 10.5. The van der Waals surface area contributed by atoms with Crippen LogP contribution in [0.4, 0.5) is 5.00 Å². The second kappa shape index (κ2) is 9.54. The Hall–Kier alpha value is -2.83. The largest absolute Gasteiger partial charge is 0.496 e. The first-order chi connectivity index (χ1) is 15.1. The molecule has 1 aromatic heterocycles. The van der Waals surface area contributed by atoms with Crippen molar-refractivity contribution < 1.29 is 14.3 Å². The fourth-order valence-electron chi connectivity index (χ4n) is 3.86. The van der Waals surface area contributed by atoms with Crippen molar-refractivity contribution in [3.63, 3.8) is 0 Å². The molecular formula is C25H28N2O3S. The number of hydrogen-bond acceptors (Lipinski definition) is 5. The lowest BCUT2D eigenvalue weighted by Gasteiger charge is -2.28. The molecule has 0 unspecified atom stereocenters. The summed E-state index contributed by atoms with van der Waals surface area (Å²) >= 11 is 1.57. The molecule has 6 heteroatoms. The van der Waals surface area contributed by atoms with Gasteiger partial charge >= 0.3 is 0 Å². The Morgan fingerprint density at radius 3 is 2.58 bits per heavy atom. The molecule has 1 amide bonds. The van der Waals surface area contributed by atoms with Gasteiger partial charge in [0.05, 0.1) is 30.2 Å². The van der Waals surface area contributed by atoms with Gasteiger partial charge in [-0.1, -0.05) is 48.0 Å². The maximum atomic E-state index is 13.4. The van der Waals surface area contributed by atoms with Gasteiger partial charge in [-0.2, -0.15) is 0 Å². The molecule has 2 aromatic carbocycles. The molecule has 0 radical (unpaired) electrons. The highest BCUT2D eigenvalue weighted by Crippen LogP contribution is 2.40. The first kappa shape index (κ1) is 21.4. The third-order valence-electron chi connectivity index (χ3n) is 5.50. The number of nitrogens with zero attached hydrogens (tertiary/aromatic N) is 2. The number of carbonyl (C=O) groups is 1. The van der Waals surface area contributed by atoms with Gasteiger partial charge in [0.1, 0.15) is 5.75 Å². The smallest absolute Gasteiger partial charge is 0.264 e. The second-order valence-electron chi connectivity index (χ2n) is 7.77. The number of methoxy groups -OCH3 is 1. The van der Waals surface area contributed by atoms with Crippen LogP contribution in [0, 0.1) is 6.92 Å². The topological polar surface area (TPSA) is 42.0 Å². The minimum absolute atomic E-state index is 0.0187. The molecule has 1 fully saturated rings. The zero-order valence-electron chi connectivity index (χ0n) is 18.3. The van der Waals surface area contributed by atoms with Gasteiger partial charge in [-0.05, 0) is 24.6 Å². The molecule has 4 rings (SSSR count). The van der Waals surface area contributed by atoms with Crippen LogP contribution in [-0.4, -0.2) is 51.3 Å². The first-order valence-corrected chi connectivity index (χ1v) is 11.3. The Morgan fingerprint density at radius 2 is 1.87 bits per heavy atom. The van der Waals surface area contributed by atoms with Crippen molar-refractivity contribution in [2.75, 3.05) is 45.4 Å². The van der Waals surface area contributed by atoms with Crippen LogP contribution in [0.2, 0.25) is 0 Å². The Kier molecular flexibility index (Phi) is 6.59. The summed E-state index contributed by atoms with van der Waals surface area (Å²) in [6, 6.07) is 18.4. The minimum atomic E-state index is 0.0187. The number of morpholine rings is 1. The maximum Gasteiger partial charge on any atom is 0.264 e. The van der Waals surface area contributed by atoms with Crippen LogP contribution in [0.5, 0.6) is 5.75 Å². The zero-order valence-corrected chi connectivity index (χ0v) is 19.1. The summed E-state index contributed by atoms with van der Waals surface area (Å²) in [6.45, 7) is 5.64. The number of rotatable bonds is 6. The minimum Gasteiger partial charge on any atom is -0.496 e. The van der Waals surface area contributed by atoms with E-state index in [1.807, 2.05) is 50.4 Å². The van der Waals surface area contributed by atoms with Gasteiger partial charge in [0.25, 0.3) is 5.91 Å². The SMILES string of the molecule is COc1ccc(C)cc1CN(C)C(=O)c1cc(-c2ccccc2)c(N2CCOCC2)s1. The summed E-state index contributed by atoms with van der Waals surface area (Å²) in [4.78, 5) is 18.2. The molecule has 0 bridgehead atoms. The molecule has 1 saturated heterocycles. The quantitative estimate of drug-likeness (QED) is 0.554. The van der Waals surface area contributed by atoms with E-state index in [0.29, 0.717) is 19.8 Å². The summed E-state index contributed by atoms with van der Waals surface area (Å²) in [5, 5.41) is 1.14. The molecular weight excluding hydrogens is 408 g/mol. The summed E-state index contributed by atoms with van der Waals surface area (Å²) in [5.74, 6) is 0.820. The lowest BCUT2D eigenvalue weighted by atomic mass is 10.1. The van der Waals surface area contributed by atoms with Crippen LogP contribution < -0.4 is 9.64 Å². The molecule has 0 saturated carbocycles. The van der Waals surface area contributed by atoms with Crippen LogP contribution in [0.25, 0.3) is 11.1 Å². The molecule has 1 aliphatic rings. The van der Waals surface area contributed by atoms with E-state index in [-0.39, 0.29) is 5.91 Å². The van der Waals surface area contributed by atoms with Gasteiger partial charge in [0.2, 0.25) is 0 Å². The van der Waals surface area contributed by atoms with Crippen LogP contribution in [0.15, 0.2) is 54.6 Å². The zero-order chi connectivity index (χ0) is 21.8. The Labute approximate surface area is 187 Å². The number of anilines is 1. The second-order valence-corrected chi connectivity index (χ2v) is 8.80. The molecule has 5 nitrogen and oxygen atoms in total. The molecule has 162 valence electrons. The number of hydrogen-bond donors (Lipinski definition) is 0.